The van der Waals surface area contributed by atoms with Crippen LogP contribution in [0.1, 0.15) is 86.1 Å². The second kappa shape index (κ2) is 7.73. The van der Waals surface area contributed by atoms with Crippen LogP contribution < -0.4 is 0 Å². The largest absolute Gasteiger partial charge is 0.508 e. The Hall–Kier alpha value is -0.980. The fraction of sp³-hybridized carbons (Fsp3) is 0.727. The maximum absolute atomic E-state index is 9.48. The maximum atomic E-state index is 9.48. The number of benzene rings is 1. The van der Waals surface area contributed by atoms with Crippen molar-refractivity contribution in [1.82, 2.24) is 0 Å². The van der Waals surface area contributed by atoms with Crippen LogP contribution in [0.5, 0.6) is 5.75 Å². The van der Waals surface area contributed by atoms with Gasteiger partial charge in [0.2, 0.25) is 0 Å². The molecule has 0 amide bonds. The summed E-state index contributed by atoms with van der Waals surface area (Å²) in [5.41, 5.74) is 2.34. The predicted molar refractivity (Wildman–Crippen MR) is 102 cm³/mol. The van der Waals surface area contributed by atoms with Crippen molar-refractivity contribution in [3.63, 3.8) is 0 Å². The highest BCUT2D eigenvalue weighted by atomic mass is 16.3. The third kappa shape index (κ3) is 6.97. The second-order valence-corrected chi connectivity index (χ2v) is 9.78. The van der Waals surface area contributed by atoms with Gasteiger partial charge >= 0.3 is 0 Å². The zero-order valence-corrected chi connectivity index (χ0v) is 16.5. The van der Waals surface area contributed by atoms with Crippen molar-refractivity contribution in [2.75, 3.05) is 0 Å². The van der Waals surface area contributed by atoms with E-state index in [1.807, 2.05) is 12.1 Å². The molecule has 0 heterocycles. The fourth-order valence-corrected chi connectivity index (χ4v) is 3.14. The number of phenolic OH excluding ortho intramolecular Hbond substituents is 1. The monoisotopic (exact) mass is 318 g/mol. The van der Waals surface area contributed by atoms with Crippen LogP contribution in [-0.4, -0.2) is 5.11 Å². The number of hydrogen-bond acceptors (Lipinski definition) is 1. The molecule has 0 saturated heterocycles. The molecule has 0 aliphatic heterocycles. The zero-order chi connectivity index (χ0) is 17.7. The SMILES string of the molecule is CC(C)(C)CCCCCC(C)(Cc1ccc(O)cc1)C(C)(C)C. The topological polar surface area (TPSA) is 20.2 Å². The van der Waals surface area contributed by atoms with Gasteiger partial charge in [-0.3, -0.25) is 0 Å². The molecule has 1 unspecified atom stereocenters. The lowest BCUT2D eigenvalue weighted by atomic mass is 9.62. The van der Waals surface area contributed by atoms with E-state index in [-0.39, 0.29) is 10.8 Å². The lowest BCUT2D eigenvalue weighted by molar-refractivity contribution is 0.0920. The molecule has 0 aromatic heterocycles. The van der Waals surface area contributed by atoms with E-state index in [0.29, 0.717) is 11.2 Å². The Labute approximate surface area is 144 Å². The van der Waals surface area contributed by atoms with Crippen molar-refractivity contribution in [3.05, 3.63) is 29.8 Å². The molecule has 1 aromatic carbocycles. The molecule has 0 aliphatic rings. The quantitative estimate of drug-likeness (QED) is 0.537. The average Bonchev–Trinajstić information content (AvgIpc) is 2.38. The van der Waals surface area contributed by atoms with Gasteiger partial charge in [-0.15, -0.1) is 0 Å². The molecule has 0 radical (unpaired) electrons. The highest BCUT2D eigenvalue weighted by Gasteiger charge is 2.36. The van der Waals surface area contributed by atoms with E-state index in [4.69, 9.17) is 0 Å². The van der Waals surface area contributed by atoms with Gasteiger partial charge in [0, 0.05) is 0 Å². The van der Waals surface area contributed by atoms with Crippen LogP contribution >= 0.6 is 0 Å². The van der Waals surface area contributed by atoms with Crippen LogP contribution in [0.2, 0.25) is 0 Å². The molecule has 23 heavy (non-hydrogen) atoms. The minimum atomic E-state index is 0.273. The van der Waals surface area contributed by atoms with E-state index < -0.39 is 0 Å². The minimum Gasteiger partial charge on any atom is -0.508 e. The van der Waals surface area contributed by atoms with Gasteiger partial charge in [0.05, 0.1) is 0 Å². The highest BCUT2D eigenvalue weighted by molar-refractivity contribution is 5.26. The summed E-state index contributed by atoms with van der Waals surface area (Å²) < 4.78 is 0. The molecule has 1 atom stereocenters. The van der Waals surface area contributed by atoms with Crippen LogP contribution in [0.3, 0.4) is 0 Å². The van der Waals surface area contributed by atoms with E-state index >= 15 is 0 Å². The van der Waals surface area contributed by atoms with Crippen LogP contribution in [0.4, 0.5) is 0 Å². The lowest BCUT2D eigenvalue weighted by Crippen LogP contribution is -2.35. The lowest BCUT2D eigenvalue weighted by Gasteiger charge is -2.43. The predicted octanol–water partition coefficient (Wildman–Crippen LogP) is 6.98. The van der Waals surface area contributed by atoms with E-state index in [1.54, 1.807) is 0 Å². The van der Waals surface area contributed by atoms with E-state index in [2.05, 4.69) is 60.6 Å². The van der Waals surface area contributed by atoms with E-state index in [1.165, 1.54) is 37.7 Å². The first-order valence-electron chi connectivity index (χ1n) is 9.21. The van der Waals surface area contributed by atoms with Crippen molar-refractivity contribution in [1.29, 1.82) is 0 Å². The zero-order valence-electron chi connectivity index (χ0n) is 16.5. The van der Waals surface area contributed by atoms with Gasteiger partial charge in [-0.05, 0) is 53.2 Å². The van der Waals surface area contributed by atoms with Gasteiger partial charge in [-0.25, -0.2) is 0 Å². The van der Waals surface area contributed by atoms with Gasteiger partial charge in [-0.1, -0.05) is 79.9 Å². The molecule has 0 aliphatic carbocycles. The Morgan fingerprint density at radius 1 is 0.739 bits per heavy atom. The first-order valence-corrected chi connectivity index (χ1v) is 9.21. The van der Waals surface area contributed by atoms with Gasteiger partial charge in [-0.2, -0.15) is 0 Å². The molecular weight excluding hydrogens is 280 g/mol. The van der Waals surface area contributed by atoms with Crippen molar-refractivity contribution in [2.45, 2.75) is 87.0 Å². The van der Waals surface area contributed by atoms with Crippen molar-refractivity contribution in [2.24, 2.45) is 16.2 Å². The number of rotatable bonds is 7. The summed E-state index contributed by atoms with van der Waals surface area (Å²) in [5, 5.41) is 9.48. The number of phenols is 1. The Morgan fingerprint density at radius 3 is 1.74 bits per heavy atom. The Balaban J connectivity index is 2.63. The smallest absolute Gasteiger partial charge is 0.115 e. The summed E-state index contributed by atoms with van der Waals surface area (Å²) in [5.74, 6) is 0.355. The molecule has 0 bridgehead atoms. The Morgan fingerprint density at radius 2 is 1.26 bits per heavy atom. The molecule has 1 rings (SSSR count). The molecule has 132 valence electrons. The third-order valence-corrected chi connectivity index (χ3v) is 5.50. The first kappa shape index (κ1) is 20.1. The molecule has 0 saturated carbocycles. The van der Waals surface area contributed by atoms with Crippen LogP contribution in [0.15, 0.2) is 24.3 Å². The van der Waals surface area contributed by atoms with Gasteiger partial charge in [0.25, 0.3) is 0 Å². The van der Waals surface area contributed by atoms with E-state index in [9.17, 15) is 5.11 Å². The maximum Gasteiger partial charge on any atom is 0.115 e. The van der Waals surface area contributed by atoms with Crippen molar-refractivity contribution < 1.29 is 5.11 Å². The average molecular weight is 319 g/mol. The third-order valence-electron chi connectivity index (χ3n) is 5.50. The van der Waals surface area contributed by atoms with Crippen LogP contribution in [-0.2, 0) is 6.42 Å². The molecular formula is C22H38O. The summed E-state index contributed by atoms with van der Waals surface area (Å²) >= 11 is 0. The van der Waals surface area contributed by atoms with Crippen molar-refractivity contribution >= 4 is 0 Å². The molecule has 0 fully saturated rings. The molecule has 1 heteroatoms. The van der Waals surface area contributed by atoms with Crippen LogP contribution in [0, 0.1) is 16.2 Å². The highest BCUT2D eigenvalue weighted by Crippen LogP contribution is 2.45. The van der Waals surface area contributed by atoms with E-state index in [0.717, 1.165) is 6.42 Å². The summed E-state index contributed by atoms with van der Waals surface area (Å²) in [7, 11) is 0. The normalized spacial score (nSPS) is 15.4. The summed E-state index contributed by atoms with van der Waals surface area (Å²) in [4.78, 5) is 0. The number of unbranched alkanes of at least 4 members (excludes halogenated alkanes) is 2. The Bertz CT molecular complexity index is 458. The summed E-state index contributed by atoms with van der Waals surface area (Å²) in [6.07, 6.45) is 7.64. The number of hydrogen-bond donors (Lipinski definition) is 1. The molecule has 1 aromatic rings. The molecule has 0 spiro atoms. The summed E-state index contributed by atoms with van der Waals surface area (Å²) in [6, 6.07) is 7.75. The number of aromatic hydroxyl groups is 1. The fourth-order valence-electron chi connectivity index (χ4n) is 3.14. The first-order chi connectivity index (χ1) is 10.4. The standard InChI is InChI=1S/C22H38O/c1-20(2,3)15-9-8-10-16-22(7,21(4,5)6)17-18-11-13-19(23)14-12-18/h11-14,23H,8-10,15-17H2,1-7H3. The Kier molecular flexibility index (Phi) is 6.74. The minimum absolute atomic E-state index is 0.273. The van der Waals surface area contributed by atoms with Gasteiger partial charge < -0.3 is 5.11 Å². The van der Waals surface area contributed by atoms with Gasteiger partial charge in [0.15, 0.2) is 0 Å². The van der Waals surface area contributed by atoms with Crippen molar-refractivity contribution in [3.8, 4) is 5.75 Å². The second-order valence-electron chi connectivity index (χ2n) is 9.78. The summed E-state index contributed by atoms with van der Waals surface area (Å²) in [6.45, 7) is 16.5. The van der Waals surface area contributed by atoms with Crippen LogP contribution in [0.25, 0.3) is 0 Å². The molecule has 1 N–H and O–H groups in total. The van der Waals surface area contributed by atoms with Gasteiger partial charge in [0.1, 0.15) is 5.75 Å². The molecule has 1 nitrogen and oxygen atoms in total.